The fourth-order valence-electron chi connectivity index (χ4n) is 1.80. The number of aromatic nitrogens is 1. The summed E-state index contributed by atoms with van der Waals surface area (Å²) in [5.74, 6) is 0. The zero-order valence-corrected chi connectivity index (χ0v) is 10.7. The topological polar surface area (TPSA) is 48.0 Å². The first-order valence-corrected chi connectivity index (χ1v) is 5.90. The van der Waals surface area contributed by atoms with E-state index in [4.69, 9.17) is 5.73 Å². The number of hydrogen-bond donors (Lipinski definition) is 1. The van der Waals surface area contributed by atoms with Gasteiger partial charge in [0.2, 0.25) is 0 Å². The minimum absolute atomic E-state index is 0.182. The number of hydrogen-bond acceptors (Lipinski definition) is 2. The van der Waals surface area contributed by atoms with Gasteiger partial charge in [-0.05, 0) is 30.2 Å². The van der Waals surface area contributed by atoms with Crippen molar-refractivity contribution in [1.29, 1.82) is 0 Å². The second kappa shape index (κ2) is 5.03. The minimum Gasteiger partial charge on any atom is -0.397 e. The van der Waals surface area contributed by atoms with E-state index in [0.29, 0.717) is 16.8 Å². The molecule has 0 saturated heterocycles. The van der Waals surface area contributed by atoms with E-state index in [-0.39, 0.29) is 12.1 Å². The average Bonchev–Trinajstić information content (AvgIpc) is 2.35. The van der Waals surface area contributed by atoms with Crippen molar-refractivity contribution >= 4 is 5.69 Å². The van der Waals surface area contributed by atoms with E-state index >= 15 is 0 Å². The van der Waals surface area contributed by atoms with Crippen molar-refractivity contribution in [3.8, 4) is 0 Å². The van der Waals surface area contributed by atoms with E-state index < -0.39 is 11.7 Å². The third-order valence-corrected chi connectivity index (χ3v) is 3.01. The standard InChI is InChI=1S/C14H13F3N2O/c1-9-6-13(20)19(8-12(9)18)7-10-2-4-11(5-3-10)14(15,16)17/h2-6,8H,7,18H2,1H3. The van der Waals surface area contributed by atoms with Crippen LogP contribution in [0.25, 0.3) is 0 Å². The number of aryl methyl sites for hydroxylation is 1. The predicted octanol–water partition coefficient (Wildman–Crippen LogP) is 2.81. The number of nitrogens with zero attached hydrogens (tertiary/aromatic N) is 1. The van der Waals surface area contributed by atoms with E-state index in [1.54, 1.807) is 6.92 Å². The largest absolute Gasteiger partial charge is 0.416 e. The molecule has 0 aliphatic heterocycles. The lowest BCUT2D eigenvalue weighted by atomic mass is 10.1. The van der Waals surface area contributed by atoms with Crippen LogP contribution in [-0.4, -0.2) is 4.57 Å². The summed E-state index contributed by atoms with van der Waals surface area (Å²) >= 11 is 0. The second-order valence-electron chi connectivity index (χ2n) is 4.57. The summed E-state index contributed by atoms with van der Waals surface area (Å²) in [7, 11) is 0. The second-order valence-corrected chi connectivity index (χ2v) is 4.57. The van der Waals surface area contributed by atoms with Gasteiger partial charge in [-0.3, -0.25) is 4.79 Å². The van der Waals surface area contributed by atoms with Crippen LogP contribution in [0.4, 0.5) is 18.9 Å². The van der Waals surface area contributed by atoms with Crippen molar-refractivity contribution in [1.82, 2.24) is 4.57 Å². The lowest BCUT2D eigenvalue weighted by molar-refractivity contribution is -0.137. The molecule has 2 N–H and O–H groups in total. The molecule has 3 nitrogen and oxygen atoms in total. The van der Waals surface area contributed by atoms with Crippen LogP contribution >= 0.6 is 0 Å². The third kappa shape index (κ3) is 3.01. The van der Waals surface area contributed by atoms with E-state index in [9.17, 15) is 18.0 Å². The summed E-state index contributed by atoms with van der Waals surface area (Å²) in [6.45, 7) is 1.90. The highest BCUT2D eigenvalue weighted by molar-refractivity contribution is 5.43. The number of benzene rings is 1. The number of nitrogen functional groups attached to an aromatic ring is 1. The zero-order chi connectivity index (χ0) is 14.9. The van der Waals surface area contributed by atoms with Crippen LogP contribution in [0.2, 0.25) is 0 Å². The monoisotopic (exact) mass is 282 g/mol. The molecule has 6 heteroatoms. The Balaban J connectivity index is 2.27. The number of anilines is 1. The number of pyridine rings is 1. The van der Waals surface area contributed by atoms with Gasteiger partial charge in [0.05, 0.1) is 17.8 Å². The van der Waals surface area contributed by atoms with Crippen molar-refractivity contribution in [2.24, 2.45) is 0 Å². The summed E-state index contributed by atoms with van der Waals surface area (Å²) in [5.41, 5.74) is 6.51. The smallest absolute Gasteiger partial charge is 0.397 e. The van der Waals surface area contributed by atoms with Gasteiger partial charge < -0.3 is 10.3 Å². The Hall–Kier alpha value is -2.24. The lowest BCUT2D eigenvalue weighted by Gasteiger charge is -2.10. The molecule has 0 atom stereocenters. The first-order valence-electron chi connectivity index (χ1n) is 5.90. The zero-order valence-electron chi connectivity index (χ0n) is 10.7. The van der Waals surface area contributed by atoms with Crippen LogP contribution < -0.4 is 11.3 Å². The van der Waals surface area contributed by atoms with E-state index in [1.807, 2.05) is 0 Å². The molecule has 0 fully saturated rings. The quantitative estimate of drug-likeness (QED) is 0.920. The van der Waals surface area contributed by atoms with Gasteiger partial charge in [-0.15, -0.1) is 0 Å². The summed E-state index contributed by atoms with van der Waals surface area (Å²) < 4.78 is 38.7. The molecule has 0 radical (unpaired) electrons. The van der Waals surface area contributed by atoms with E-state index in [2.05, 4.69) is 0 Å². The maximum atomic E-state index is 12.4. The van der Waals surface area contributed by atoms with Crippen LogP contribution in [0.15, 0.2) is 41.3 Å². The van der Waals surface area contributed by atoms with Gasteiger partial charge in [0.15, 0.2) is 0 Å². The molecular weight excluding hydrogens is 269 g/mol. The normalized spacial score (nSPS) is 11.6. The highest BCUT2D eigenvalue weighted by Gasteiger charge is 2.29. The van der Waals surface area contributed by atoms with Crippen LogP contribution in [0.3, 0.4) is 0 Å². The molecule has 0 bridgehead atoms. The molecule has 0 spiro atoms. The number of alkyl halides is 3. The summed E-state index contributed by atoms with van der Waals surface area (Å²) in [5, 5.41) is 0. The Kier molecular flexibility index (Phi) is 3.57. The third-order valence-electron chi connectivity index (χ3n) is 3.01. The Morgan fingerprint density at radius 3 is 2.35 bits per heavy atom. The summed E-state index contributed by atoms with van der Waals surface area (Å²) in [6.07, 6.45) is -2.86. The van der Waals surface area contributed by atoms with Crippen molar-refractivity contribution in [2.75, 3.05) is 5.73 Å². The lowest BCUT2D eigenvalue weighted by Crippen LogP contribution is -2.20. The fraction of sp³-hybridized carbons (Fsp3) is 0.214. The first-order chi connectivity index (χ1) is 9.27. The maximum absolute atomic E-state index is 12.4. The molecular formula is C14H13F3N2O. The number of halogens is 3. The Morgan fingerprint density at radius 2 is 1.80 bits per heavy atom. The molecule has 106 valence electrons. The molecule has 0 aliphatic rings. The van der Waals surface area contributed by atoms with Gasteiger partial charge in [-0.2, -0.15) is 13.2 Å². The van der Waals surface area contributed by atoms with Crippen molar-refractivity contribution in [3.05, 3.63) is 63.6 Å². The summed E-state index contributed by atoms with van der Waals surface area (Å²) in [6, 6.07) is 6.10. The maximum Gasteiger partial charge on any atom is 0.416 e. The van der Waals surface area contributed by atoms with Gasteiger partial charge >= 0.3 is 6.18 Å². The van der Waals surface area contributed by atoms with Gasteiger partial charge in [0, 0.05) is 12.3 Å². The molecule has 20 heavy (non-hydrogen) atoms. The van der Waals surface area contributed by atoms with E-state index in [0.717, 1.165) is 12.1 Å². The molecule has 2 rings (SSSR count). The average molecular weight is 282 g/mol. The molecule has 0 saturated carbocycles. The number of rotatable bonds is 2. The van der Waals surface area contributed by atoms with Crippen LogP contribution in [-0.2, 0) is 12.7 Å². The summed E-state index contributed by atoms with van der Waals surface area (Å²) in [4.78, 5) is 11.8. The molecule has 1 aromatic heterocycles. The van der Waals surface area contributed by atoms with Gasteiger partial charge in [-0.1, -0.05) is 12.1 Å². The SMILES string of the molecule is Cc1cc(=O)n(Cc2ccc(C(F)(F)F)cc2)cc1N. The van der Waals surface area contributed by atoms with Crippen molar-refractivity contribution in [3.63, 3.8) is 0 Å². The Morgan fingerprint density at radius 1 is 1.20 bits per heavy atom. The van der Waals surface area contributed by atoms with Gasteiger partial charge in [0.1, 0.15) is 0 Å². The molecule has 2 aromatic rings. The highest BCUT2D eigenvalue weighted by Crippen LogP contribution is 2.29. The molecule has 1 aromatic carbocycles. The van der Waals surface area contributed by atoms with E-state index in [1.165, 1.54) is 29.0 Å². The molecule has 1 heterocycles. The fourth-order valence-corrected chi connectivity index (χ4v) is 1.80. The number of nitrogens with two attached hydrogens (primary N) is 1. The van der Waals surface area contributed by atoms with Crippen LogP contribution in [0, 0.1) is 6.92 Å². The minimum atomic E-state index is -4.36. The molecule has 0 unspecified atom stereocenters. The van der Waals surface area contributed by atoms with Gasteiger partial charge in [0.25, 0.3) is 5.56 Å². The first kappa shape index (κ1) is 14.2. The Labute approximate surface area is 113 Å². The van der Waals surface area contributed by atoms with Crippen LogP contribution in [0.1, 0.15) is 16.7 Å². The Bertz CT molecular complexity index is 672. The predicted molar refractivity (Wildman–Crippen MR) is 70.4 cm³/mol. The highest BCUT2D eigenvalue weighted by atomic mass is 19.4. The molecule has 0 aliphatic carbocycles. The van der Waals surface area contributed by atoms with Gasteiger partial charge in [-0.25, -0.2) is 0 Å². The van der Waals surface area contributed by atoms with Crippen molar-refractivity contribution in [2.45, 2.75) is 19.6 Å². The van der Waals surface area contributed by atoms with Crippen molar-refractivity contribution < 1.29 is 13.2 Å². The molecule has 0 amide bonds. The van der Waals surface area contributed by atoms with Crippen LogP contribution in [0.5, 0.6) is 0 Å².